The van der Waals surface area contributed by atoms with E-state index in [4.69, 9.17) is 16.3 Å². The summed E-state index contributed by atoms with van der Waals surface area (Å²) in [5, 5.41) is 15.1. The largest absolute Gasteiger partial charge is 0.504 e. The lowest BCUT2D eigenvalue weighted by Gasteiger charge is -2.32. The quantitative estimate of drug-likeness (QED) is 0.622. The van der Waals surface area contributed by atoms with Crippen LogP contribution in [0.25, 0.3) is 10.9 Å². The number of hydrogen-bond acceptors (Lipinski definition) is 6. The molecular formula is C22H25ClN4O2. The summed E-state index contributed by atoms with van der Waals surface area (Å²) < 4.78 is 5.49. The zero-order valence-corrected chi connectivity index (χ0v) is 17.2. The zero-order chi connectivity index (χ0) is 20.2. The Labute approximate surface area is 175 Å². The first-order valence-electron chi connectivity index (χ1n) is 9.96. The van der Waals surface area contributed by atoms with Gasteiger partial charge in [0.2, 0.25) is 0 Å². The molecule has 152 valence electrons. The van der Waals surface area contributed by atoms with E-state index in [0.717, 1.165) is 54.8 Å². The Balaban J connectivity index is 1.36. The van der Waals surface area contributed by atoms with E-state index < -0.39 is 0 Å². The summed E-state index contributed by atoms with van der Waals surface area (Å²) in [7, 11) is 0. The fraction of sp³-hybridized carbons (Fsp3) is 0.364. The molecule has 2 N–H and O–H groups in total. The SMILES string of the molecule is CCOc1cc(CN2CCC(Nc3ncnc4cc(Cl)ccc34)CC2)ccc1O. The van der Waals surface area contributed by atoms with Crippen molar-refractivity contribution in [3.05, 3.63) is 53.3 Å². The van der Waals surface area contributed by atoms with Crippen LogP contribution in [-0.4, -0.2) is 45.7 Å². The predicted molar refractivity (Wildman–Crippen MR) is 116 cm³/mol. The lowest BCUT2D eigenvalue weighted by atomic mass is 10.0. The normalized spacial score (nSPS) is 15.5. The molecule has 1 aromatic heterocycles. The summed E-state index contributed by atoms with van der Waals surface area (Å²) in [6.45, 7) is 5.30. The van der Waals surface area contributed by atoms with Crippen LogP contribution < -0.4 is 10.1 Å². The minimum Gasteiger partial charge on any atom is -0.504 e. The highest BCUT2D eigenvalue weighted by Gasteiger charge is 2.20. The van der Waals surface area contributed by atoms with Crippen LogP contribution in [0.1, 0.15) is 25.3 Å². The third-order valence-corrected chi connectivity index (χ3v) is 5.49. The lowest BCUT2D eigenvalue weighted by Crippen LogP contribution is -2.38. The van der Waals surface area contributed by atoms with Crippen LogP contribution in [0.2, 0.25) is 5.02 Å². The summed E-state index contributed by atoms with van der Waals surface area (Å²) >= 11 is 6.07. The predicted octanol–water partition coefficient (Wildman–Crippen LogP) is 4.46. The number of benzene rings is 2. The third kappa shape index (κ3) is 4.71. The molecule has 1 aliphatic heterocycles. The Morgan fingerprint density at radius 3 is 2.79 bits per heavy atom. The van der Waals surface area contributed by atoms with Crippen molar-refractivity contribution in [2.75, 3.05) is 25.0 Å². The first kappa shape index (κ1) is 19.7. The highest BCUT2D eigenvalue weighted by molar-refractivity contribution is 6.31. The van der Waals surface area contributed by atoms with Gasteiger partial charge in [-0.05, 0) is 55.7 Å². The first-order chi connectivity index (χ1) is 14.1. The second-order valence-electron chi connectivity index (χ2n) is 7.31. The van der Waals surface area contributed by atoms with Gasteiger partial charge in [-0.3, -0.25) is 4.90 Å². The molecule has 1 fully saturated rings. The Hall–Kier alpha value is -2.57. The van der Waals surface area contributed by atoms with Gasteiger partial charge in [0.25, 0.3) is 0 Å². The molecule has 0 amide bonds. The number of aromatic nitrogens is 2. The molecule has 6 nitrogen and oxygen atoms in total. The summed E-state index contributed by atoms with van der Waals surface area (Å²) in [5.74, 6) is 1.61. The Morgan fingerprint density at radius 1 is 1.17 bits per heavy atom. The summed E-state index contributed by atoms with van der Waals surface area (Å²) in [6.07, 6.45) is 3.65. The second kappa shape index (κ2) is 8.84. The molecule has 1 aliphatic rings. The molecule has 7 heteroatoms. The topological polar surface area (TPSA) is 70.5 Å². The van der Waals surface area contributed by atoms with Crippen LogP contribution in [0.5, 0.6) is 11.5 Å². The van der Waals surface area contributed by atoms with Gasteiger partial charge < -0.3 is 15.2 Å². The minimum atomic E-state index is 0.192. The number of rotatable bonds is 6. The molecule has 4 rings (SSSR count). The number of nitrogens with zero attached hydrogens (tertiary/aromatic N) is 3. The van der Waals surface area contributed by atoms with Gasteiger partial charge in [0.15, 0.2) is 11.5 Å². The van der Waals surface area contributed by atoms with Crippen molar-refractivity contribution in [1.82, 2.24) is 14.9 Å². The van der Waals surface area contributed by atoms with Gasteiger partial charge in [0, 0.05) is 36.1 Å². The highest BCUT2D eigenvalue weighted by Crippen LogP contribution is 2.28. The molecule has 3 aromatic rings. The molecule has 0 spiro atoms. The van der Waals surface area contributed by atoms with E-state index in [1.165, 1.54) is 0 Å². The number of nitrogens with one attached hydrogen (secondary N) is 1. The summed E-state index contributed by atoms with van der Waals surface area (Å²) in [4.78, 5) is 11.2. The summed E-state index contributed by atoms with van der Waals surface area (Å²) in [6, 6.07) is 11.7. The fourth-order valence-electron chi connectivity index (χ4n) is 3.76. The number of fused-ring (bicyclic) bond motifs is 1. The second-order valence-corrected chi connectivity index (χ2v) is 7.75. The van der Waals surface area contributed by atoms with Crippen molar-refractivity contribution in [3.8, 4) is 11.5 Å². The Kier molecular flexibility index (Phi) is 6.02. The molecule has 0 bridgehead atoms. The molecule has 1 saturated heterocycles. The maximum atomic E-state index is 9.87. The van der Waals surface area contributed by atoms with Gasteiger partial charge in [0.1, 0.15) is 12.1 Å². The van der Waals surface area contributed by atoms with Crippen molar-refractivity contribution in [2.24, 2.45) is 0 Å². The van der Waals surface area contributed by atoms with Gasteiger partial charge in [0.05, 0.1) is 12.1 Å². The number of piperidine rings is 1. The molecule has 2 aromatic carbocycles. The zero-order valence-electron chi connectivity index (χ0n) is 16.4. The van der Waals surface area contributed by atoms with Crippen molar-refractivity contribution < 1.29 is 9.84 Å². The number of anilines is 1. The average molecular weight is 413 g/mol. The van der Waals surface area contributed by atoms with Crippen molar-refractivity contribution >= 4 is 28.3 Å². The van der Waals surface area contributed by atoms with Crippen LogP contribution in [0, 0.1) is 0 Å². The Morgan fingerprint density at radius 2 is 2.00 bits per heavy atom. The smallest absolute Gasteiger partial charge is 0.161 e. The van der Waals surface area contributed by atoms with Crippen molar-refractivity contribution in [1.29, 1.82) is 0 Å². The number of halogens is 1. The number of likely N-dealkylation sites (tertiary alicyclic amines) is 1. The maximum Gasteiger partial charge on any atom is 0.161 e. The minimum absolute atomic E-state index is 0.192. The van der Waals surface area contributed by atoms with Gasteiger partial charge >= 0.3 is 0 Å². The Bertz CT molecular complexity index is 990. The van der Waals surface area contributed by atoms with Crippen LogP contribution in [0.3, 0.4) is 0 Å². The van der Waals surface area contributed by atoms with E-state index in [9.17, 15) is 5.11 Å². The molecule has 2 heterocycles. The lowest BCUT2D eigenvalue weighted by molar-refractivity contribution is 0.210. The van der Waals surface area contributed by atoms with E-state index in [1.54, 1.807) is 12.4 Å². The van der Waals surface area contributed by atoms with E-state index in [-0.39, 0.29) is 5.75 Å². The first-order valence-corrected chi connectivity index (χ1v) is 10.3. The molecular weight excluding hydrogens is 388 g/mol. The number of phenols is 1. The number of hydrogen-bond donors (Lipinski definition) is 2. The van der Waals surface area contributed by atoms with Crippen molar-refractivity contribution in [3.63, 3.8) is 0 Å². The molecule has 0 radical (unpaired) electrons. The fourth-order valence-corrected chi connectivity index (χ4v) is 3.93. The highest BCUT2D eigenvalue weighted by atomic mass is 35.5. The van der Waals surface area contributed by atoms with Crippen LogP contribution in [0.4, 0.5) is 5.82 Å². The molecule has 0 aliphatic carbocycles. The van der Waals surface area contributed by atoms with Gasteiger partial charge in [-0.1, -0.05) is 17.7 Å². The monoisotopic (exact) mass is 412 g/mol. The van der Waals surface area contributed by atoms with E-state index in [1.807, 2.05) is 37.3 Å². The van der Waals surface area contributed by atoms with E-state index in [2.05, 4.69) is 20.2 Å². The number of phenolic OH excluding ortho intramolecular Hbond substituents is 1. The molecule has 0 saturated carbocycles. The molecule has 0 atom stereocenters. The molecule has 0 unspecified atom stereocenters. The number of aromatic hydroxyl groups is 1. The standard InChI is InChI=1S/C22H25ClN4O2/c1-2-29-21-11-15(3-6-20(21)28)13-27-9-7-17(8-10-27)26-22-18-5-4-16(23)12-19(18)24-14-25-22/h3-6,11-12,14,17,28H,2,7-10,13H2,1H3,(H,24,25,26). The molecule has 29 heavy (non-hydrogen) atoms. The van der Waals surface area contributed by atoms with E-state index in [0.29, 0.717) is 23.4 Å². The van der Waals surface area contributed by atoms with Crippen LogP contribution in [0.15, 0.2) is 42.7 Å². The van der Waals surface area contributed by atoms with Crippen molar-refractivity contribution in [2.45, 2.75) is 32.4 Å². The average Bonchev–Trinajstić information content (AvgIpc) is 2.72. The van der Waals surface area contributed by atoms with E-state index >= 15 is 0 Å². The maximum absolute atomic E-state index is 9.87. The van der Waals surface area contributed by atoms with Gasteiger partial charge in [-0.15, -0.1) is 0 Å². The van der Waals surface area contributed by atoms with Gasteiger partial charge in [-0.2, -0.15) is 0 Å². The van der Waals surface area contributed by atoms with Crippen LogP contribution in [-0.2, 0) is 6.54 Å². The van der Waals surface area contributed by atoms with Crippen LogP contribution >= 0.6 is 11.6 Å². The van der Waals surface area contributed by atoms with Gasteiger partial charge in [-0.25, -0.2) is 9.97 Å². The number of ether oxygens (including phenoxy) is 1. The third-order valence-electron chi connectivity index (χ3n) is 5.26. The summed E-state index contributed by atoms with van der Waals surface area (Å²) in [5.41, 5.74) is 2.00.